The number of rotatable bonds is 7. The fraction of sp³-hybridized carbons (Fsp3) is 0.538. The zero-order valence-corrected chi connectivity index (χ0v) is 10.7. The minimum Gasteiger partial charge on any atom is -0.207 e. The van der Waals surface area contributed by atoms with Crippen molar-refractivity contribution >= 4 is 11.8 Å². The first-order valence-electron chi connectivity index (χ1n) is 5.41. The Hall–Kier alpha value is -0.500. The third-order valence-electron chi connectivity index (χ3n) is 1.99. The van der Waals surface area contributed by atoms with Crippen LogP contribution < -0.4 is 0 Å². The highest BCUT2D eigenvalue weighted by molar-refractivity contribution is 7.98. The maximum atomic E-state index is 13.3. The molecule has 0 aliphatic carbocycles. The molecule has 2 heteroatoms. The van der Waals surface area contributed by atoms with E-state index in [0.29, 0.717) is 0 Å². The van der Waals surface area contributed by atoms with Gasteiger partial charge in [0.1, 0.15) is 5.83 Å². The summed E-state index contributed by atoms with van der Waals surface area (Å²) in [6.45, 7) is 4.01. The van der Waals surface area contributed by atoms with Crippen molar-refractivity contribution in [1.29, 1.82) is 0 Å². The van der Waals surface area contributed by atoms with Crippen molar-refractivity contribution in [2.45, 2.75) is 33.1 Å². The average Bonchev–Trinajstić information content (AvgIpc) is 2.23. The molecule has 0 nitrogen and oxygen atoms in total. The summed E-state index contributed by atoms with van der Waals surface area (Å²) in [5.41, 5.74) is 1.21. The van der Waals surface area contributed by atoms with Gasteiger partial charge in [-0.3, -0.25) is 0 Å². The minimum atomic E-state index is -0.141. The van der Waals surface area contributed by atoms with Crippen LogP contribution in [0.1, 0.15) is 33.1 Å². The number of thioether (sulfide) groups is 1. The van der Waals surface area contributed by atoms with E-state index in [0.717, 1.165) is 25.0 Å². The summed E-state index contributed by atoms with van der Waals surface area (Å²) < 4.78 is 13.3. The highest BCUT2D eigenvalue weighted by Gasteiger charge is 1.97. The third-order valence-corrected chi connectivity index (χ3v) is 2.60. The summed E-state index contributed by atoms with van der Waals surface area (Å²) >= 11 is 1.80. The van der Waals surface area contributed by atoms with E-state index in [-0.39, 0.29) is 5.83 Å². The van der Waals surface area contributed by atoms with Crippen LogP contribution in [0, 0.1) is 0 Å². The molecule has 0 unspecified atom stereocenters. The SMILES string of the molecule is C/C=C/C=C(F)\C=C(\CCC)CCSC. The Labute approximate surface area is 97.3 Å². The van der Waals surface area contributed by atoms with Gasteiger partial charge in [-0.2, -0.15) is 11.8 Å². The molecule has 0 radical (unpaired) electrons. The topological polar surface area (TPSA) is 0 Å². The van der Waals surface area contributed by atoms with E-state index >= 15 is 0 Å². The Morgan fingerprint density at radius 3 is 2.60 bits per heavy atom. The Balaban J connectivity index is 4.36. The van der Waals surface area contributed by atoms with Gasteiger partial charge in [0, 0.05) is 0 Å². The van der Waals surface area contributed by atoms with Crippen molar-refractivity contribution in [2.75, 3.05) is 12.0 Å². The normalized spacial score (nSPS) is 13.9. The highest BCUT2D eigenvalue weighted by Crippen LogP contribution is 2.16. The molecule has 86 valence electrons. The molecule has 0 atom stereocenters. The molecule has 15 heavy (non-hydrogen) atoms. The van der Waals surface area contributed by atoms with E-state index in [1.165, 1.54) is 11.6 Å². The zero-order valence-electron chi connectivity index (χ0n) is 9.92. The lowest BCUT2D eigenvalue weighted by molar-refractivity contribution is 0.662. The fourth-order valence-corrected chi connectivity index (χ4v) is 1.72. The lowest BCUT2D eigenvalue weighted by atomic mass is 10.1. The predicted octanol–water partition coefficient (Wildman–Crippen LogP) is 4.90. The zero-order chi connectivity index (χ0) is 11.5. The van der Waals surface area contributed by atoms with Crippen LogP contribution in [-0.4, -0.2) is 12.0 Å². The second kappa shape index (κ2) is 10.0. The van der Waals surface area contributed by atoms with Crippen molar-refractivity contribution in [1.82, 2.24) is 0 Å². The molecule has 0 bridgehead atoms. The average molecular weight is 228 g/mol. The Morgan fingerprint density at radius 1 is 1.33 bits per heavy atom. The van der Waals surface area contributed by atoms with Crippen molar-refractivity contribution in [3.8, 4) is 0 Å². The quantitative estimate of drug-likeness (QED) is 0.559. The standard InChI is InChI=1S/C13H21FS/c1-4-6-8-13(14)11-12(7-5-2)9-10-15-3/h4,6,8,11H,5,7,9-10H2,1-3H3/b6-4+,12-11-,13-8+. The van der Waals surface area contributed by atoms with Crippen LogP contribution in [-0.2, 0) is 0 Å². The smallest absolute Gasteiger partial charge is 0.123 e. The monoisotopic (exact) mass is 228 g/mol. The van der Waals surface area contributed by atoms with E-state index in [2.05, 4.69) is 13.2 Å². The van der Waals surface area contributed by atoms with Gasteiger partial charge < -0.3 is 0 Å². The second-order valence-electron chi connectivity index (χ2n) is 3.37. The lowest BCUT2D eigenvalue weighted by Crippen LogP contribution is -1.87. The summed E-state index contributed by atoms with van der Waals surface area (Å²) in [5, 5.41) is 0. The molecule has 0 spiro atoms. The summed E-state index contributed by atoms with van der Waals surface area (Å²) in [4.78, 5) is 0. The number of halogens is 1. The van der Waals surface area contributed by atoms with Crippen molar-refractivity contribution in [3.63, 3.8) is 0 Å². The molecular formula is C13H21FS. The molecule has 0 rings (SSSR count). The van der Waals surface area contributed by atoms with Gasteiger partial charge in [0.25, 0.3) is 0 Å². The van der Waals surface area contributed by atoms with Gasteiger partial charge in [0.15, 0.2) is 0 Å². The van der Waals surface area contributed by atoms with Crippen LogP contribution in [0.25, 0.3) is 0 Å². The maximum absolute atomic E-state index is 13.3. The van der Waals surface area contributed by atoms with Crippen LogP contribution in [0.3, 0.4) is 0 Å². The third kappa shape index (κ3) is 8.49. The molecule has 0 N–H and O–H groups in total. The van der Waals surface area contributed by atoms with Crippen LogP contribution >= 0.6 is 11.8 Å². The van der Waals surface area contributed by atoms with Crippen molar-refractivity contribution in [3.05, 3.63) is 35.7 Å². The molecule has 0 heterocycles. The molecule has 0 aromatic rings. The molecule has 0 saturated heterocycles. The molecular weight excluding hydrogens is 207 g/mol. The van der Waals surface area contributed by atoms with Crippen LogP contribution in [0.2, 0.25) is 0 Å². The molecule has 0 aliphatic heterocycles. The summed E-state index contributed by atoms with van der Waals surface area (Å²) in [7, 11) is 0. The molecule has 0 fully saturated rings. The van der Waals surface area contributed by atoms with Gasteiger partial charge in [-0.05, 0) is 43.9 Å². The van der Waals surface area contributed by atoms with Crippen LogP contribution in [0.4, 0.5) is 4.39 Å². The molecule has 0 aliphatic rings. The van der Waals surface area contributed by atoms with E-state index in [1.807, 2.05) is 13.0 Å². The van der Waals surface area contributed by atoms with Crippen molar-refractivity contribution < 1.29 is 4.39 Å². The van der Waals surface area contributed by atoms with E-state index < -0.39 is 0 Å². The Morgan fingerprint density at radius 2 is 2.07 bits per heavy atom. The predicted molar refractivity (Wildman–Crippen MR) is 70.0 cm³/mol. The number of allylic oxidation sites excluding steroid dienone is 6. The first-order chi connectivity index (χ1) is 7.24. The first-order valence-corrected chi connectivity index (χ1v) is 6.80. The molecule has 0 aromatic carbocycles. The fourth-order valence-electron chi connectivity index (χ4n) is 1.25. The van der Waals surface area contributed by atoms with Crippen molar-refractivity contribution in [2.24, 2.45) is 0 Å². The lowest BCUT2D eigenvalue weighted by Gasteiger charge is -2.03. The number of hydrogen-bond donors (Lipinski definition) is 0. The second-order valence-corrected chi connectivity index (χ2v) is 4.36. The van der Waals surface area contributed by atoms with Crippen LogP contribution in [0.5, 0.6) is 0 Å². The number of hydrogen-bond acceptors (Lipinski definition) is 1. The van der Waals surface area contributed by atoms with Crippen LogP contribution in [0.15, 0.2) is 35.7 Å². The van der Waals surface area contributed by atoms with E-state index in [1.54, 1.807) is 23.9 Å². The summed E-state index contributed by atoms with van der Waals surface area (Å²) in [6.07, 6.45) is 11.9. The van der Waals surface area contributed by atoms with Gasteiger partial charge in [-0.25, -0.2) is 4.39 Å². The first kappa shape index (κ1) is 14.5. The van der Waals surface area contributed by atoms with Gasteiger partial charge in [0.05, 0.1) is 0 Å². The van der Waals surface area contributed by atoms with Gasteiger partial charge in [-0.15, -0.1) is 0 Å². The van der Waals surface area contributed by atoms with Gasteiger partial charge in [0.2, 0.25) is 0 Å². The summed E-state index contributed by atoms with van der Waals surface area (Å²) in [6, 6.07) is 0. The Bertz CT molecular complexity index is 239. The largest absolute Gasteiger partial charge is 0.207 e. The molecule has 0 saturated carbocycles. The minimum absolute atomic E-state index is 0.141. The highest BCUT2D eigenvalue weighted by atomic mass is 32.2. The maximum Gasteiger partial charge on any atom is 0.123 e. The van der Waals surface area contributed by atoms with E-state index in [4.69, 9.17) is 0 Å². The van der Waals surface area contributed by atoms with E-state index in [9.17, 15) is 4.39 Å². The van der Waals surface area contributed by atoms with Gasteiger partial charge >= 0.3 is 0 Å². The Kier molecular flexibility index (Phi) is 9.70. The summed E-state index contributed by atoms with van der Waals surface area (Å²) in [5.74, 6) is 0.931. The van der Waals surface area contributed by atoms with Gasteiger partial charge in [-0.1, -0.05) is 31.1 Å². The molecule has 0 aromatic heterocycles. The molecule has 0 amide bonds.